The third-order valence-corrected chi connectivity index (χ3v) is 24.7. The van der Waals surface area contributed by atoms with Gasteiger partial charge in [0, 0.05) is 118 Å². The SMILES string of the molecule is COP(=O)(O)OC[C@H]1OCC[C@@H]1OP(=O)([O-])OCCCCCCNC(=O)[C@H](CCN(Cc1cn(CCOCCO[C@@H]2O[C@H](CO)[C@H](O)[C@H](O)[C@H]2NC(C)=O)nn1)CC1CN(CCOCCO[C@@H]2O[C@H](CO)[C@H](O)[C@H](O)[C@H]2NC(C)=O)N=N1)N(Cc1cn(CCOCCO[C@@H]2O[C@H](CO)[C@H](O)[C@H](O)[C@H]2NC(C)=O)nn1)Cc1cn(CCOCCO[C@@H]2C[C@H](CO)[C@H](O)[C@H](O)[C@H]2NC(C)=O)nn1. The van der Waals surface area contributed by atoms with Gasteiger partial charge in [0.15, 0.2) is 18.9 Å². The Morgan fingerprint density at radius 2 is 0.970 bits per heavy atom. The smallest absolute Gasteiger partial charge is 0.472 e. The zero-order valence-electron chi connectivity index (χ0n) is 76.0. The number of ether oxygens (including phenoxy) is 12. The lowest BCUT2D eigenvalue weighted by atomic mass is 9.79. The molecule has 56 nitrogen and oxygen atoms in total. The van der Waals surface area contributed by atoms with Crippen LogP contribution in [0.2, 0.25) is 0 Å². The average molecular weight is 1980 g/mol. The summed E-state index contributed by atoms with van der Waals surface area (Å²) >= 11 is 0. The first kappa shape index (κ1) is 112. The first-order valence-corrected chi connectivity index (χ1v) is 47.7. The van der Waals surface area contributed by atoms with Crippen LogP contribution in [0.3, 0.4) is 0 Å². The van der Waals surface area contributed by atoms with E-state index in [-0.39, 0.29) is 184 Å². The fraction of sp³-hybridized carbons (Fsp3) is 0.857. The van der Waals surface area contributed by atoms with Crippen molar-refractivity contribution in [1.29, 1.82) is 0 Å². The number of nitrogens with zero attached hydrogens (tertiary/aromatic N) is 14. The maximum atomic E-state index is 15.5. The van der Waals surface area contributed by atoms with Crippen LogP contribution in [0.15, 0.2) is 28.9 Å². The van der Waals surface area contributed by atoms with Crippen LogP contribution in [-0.2, 0) is 147 Å². The second kappa shape index (κ2) is 57.3. The van der Waals surface area contributed by atoms with E-state index in [0.29, 0.717) is 42.9 Å². The molecule has 3 aromatic rings. The van der Waals surface area contributed by atoms with Crippen molar-refractivity contribution in [2.45, 2.75) is 252 Å². The lowest BCUT2D eigenvalue weighted by Crippen LogP contribution is -2.64. The number of carbonyl (C=O) groups excluding carboxylic acids is 5. The van der Waals surface area contributed by atoms with Gasteiger partial charge < -0.3 is 164 Å². The van der Waals surface area contributed by atoms with Crippen molar-refractivity contribution in [3.8, 4) is 0 Å². The standard InChI is InChI=1S/C77H135N19O37P2/c1-46(101)79-62-57(32-50(41-97)66(105)70(62)109)124-28-24-119-20-16-95-39-53(85-89-95)35-92(36-54-40-96(90-86-54)17-23-122-27-31-127-77-65(82-49(4)104)73(112)69(108)60(44-100)132-77)55(74(113)78-12-8-6-7-9-18-128-135(116,117)133-56-11-19-123-61(56)45-129-134(114,115)118-5)10-13-91(33-51-37-93(87-83-51)14-21-120-25-29-125-75-63(80-47(2)102)71(110)67(106)58(42-98)130-75)34-52-38-94(88-84-52)15-22-121-26-30-126-76-64(81-48(3)103)72(111)68(107)59(43-99)131-76/h37,39-40,50,52,55-73,75-77,97-100,105-112H,6-36,38,41-45H2,1-5H3,(H,78,113)(H,79,101)(H,80,102)(H,81,103)(H,82,104)(H,114,115)(H,116,117)/p-1/t50-,52?,55+,56+,57-,58-,59-,60-,61-,62+,63-,64-,65-,66+,67+,68+,69+,70-,71-,72-,73-,75-,76-,77-/m1/s1. The van der Waals surface area contributed by atoms with E-state index in [1.165, 1.54) is 37.1 Å². The monoisotopic (exact) mass is 1980 g/mol. The van der Waals surface area contributed by atoms with Gasteiger partial charge in [-0.1, -0.05) is 33.7 Å². The first-order chi connectivity index (χ1) is 64.7. The zero-order chi connectivity index (χ0) is 97.7. The van der Waals surface area contributed by atoms with Gasteiger partial charge in [-0.2, -0.15) is 5.11 Å². The highest BCUT2D eigenvalue weighted by atomic mass is 31.2. The Morgan fingerprint density at radius 3 is 1.43 bits per heavy atom. The van der Waals surface area contributed by atoms with Crippen molar-refractivity contribution in [3.05, 3.63) is 35.7 Å². The molecule has 5 aliphatic heterocycles. The Hall–Kier alpha value is -6.65. The molecule has 5 fully saturated rings. The van der Waals surface area contributed by atoms with Crippen molar-refractivity contribution in [3.63, 3.8) is 0 Å². The van der Waals surface area contributed by atoms with Gasteiger partial charge in [-0.15, -0.1) is 15.3 Å². The van der Waals surface area contributed by atoms with Gasteiger partial charge in [-0.3, -0.25) is 52.4 Å². The van der Waals surface area contributed by atoms with E-state index in [4.69, 9.17) is 70.4 Å². The summed E-state index contributed by atoms with van der Waals surface area (Å²) in [5, 5.41) is 175. The van der Waals surface area contributed by atoms with Crippen LogP contribution >= 0.6 is 15.6 Å². The molecule has 58 heteroatoms. The summed E-state index contributed by atoms with van der Waals surface area (Å²) in [6, 6.07) is -6.01. The number of aromatic nitrogens is 9. The summed E-state index contributed by atoms with van der Waals surface area (Å²) in [5.41, 5.74) is 1.26. The second-order valence-corrected chi connectivity index (χ2v) is 36.0. The second-order valence-electron chi connectivity index (χ2n) is 33.1. The Morgan fingerprint density at radius 1 is 0.526 bits per heavy atom. The predicted octanol–water partition coefficient (Wildman–Crippen LogP) is -9.55. The summed E-state index contributed by atoms with van der Waals surface area (Å²) in [5.74, 6) is -3.20. The quantitative estimate of drug-likeness (QED) is 0.0184. The minimum absolute atomic E-state index is 0.00539. The minimum Gasteiger partial charge on any atom is -0.756 e. The molecule has 6 aliphatic rings. The van der Waals surface area contributed by atoms with Gasteiger partial charge >= 0.3 is 7.82 Å². The van der Waals surface area contributed by atoms with Crippen molar-refractivity contribution in [2.24, 2.45) is 16.3 Å². The van der Waals surface area contributed by atoms with Gasteiger partial charge in [-0.05, 0) is 25.7 Å². The van der Waals surface area contributed by atoms with E-state index in [1.54, 1.807) is 28.3 Å². The topological polar surface area (TPSA) is 740 Å². The van der Waals surface area contributed by atoms with Crippen LogP contribution in [0, 0.1) is 5.92 Å². The molecule has 5 amide bonds. The van der Waals surface area contributed by atoms with Crippen LogP contribution in [0.5, 0.6) is 0 Å². The number of amides is 5. The predicted molar refractivity (Wildman–Crippen MR) is 452 cm³/mol. The number of hydrogen-bond donors (Lipinski definition) is 18. The van der Waals surface area contributed by atoms with Crippen LogP contribution < -0.4 is 31.5 Å². The summed E-state index contributed by atoms with van der Waals surface area (Å²) in [6.45, 7) is 3.59. The van der Waals surface area contributed by atoms with Gasteiger partial charge in [0.25, 0.3) is 7.82 Å². The van der Waals surface area contributed by atoms with E-state index < -0.39 is 225 Å². The Kier molecular flexibility index (Phi) is 47.5. The maximum absolute atomic E-state index is 15.5. The first-order valence-electron chi connectivity index (χ1n) is 44.8. The molecule has 1 saturated carbocycles. The molecule has 8 heterocycles. The van der Waals surface area contributed by atoms with Crippen molar-refractivity contribution >= 4 is 45.2 Å². The number of hydrogen-bond acceptors (Lipinski definition) is 47. The van der Waals surface area contributed by atoms with Gasteiger partial charge in [0.1, 0.15) is 91.3 Å². The lowest BCUT2D eigenvalue weighted by molar-refractivity contribution is -0.272. The molecule has 0 spiro atoms. The van der Waals surface area contributed by atoms with Crippen LogP contribution in [-0.4, -0.2) is 461 Å². The summed E-state index contributed by atoms with van der Waals surface area (Å²) in [4.78, 5) is 90.3. The number of aliphatic hydroxyl groups excluding tert-OH is 12. The van der Waals surface area contributed by atoms with Gasteiger partial charge in [0.05, 0.1) is 193 Å². The molecule has 135 heavy (non-hydrogen) atoms. The third-order valence-electron chi connectivity index (χ3n) is 22.7. The molecule has 0 aromatic carbocycles. The number of nitrogens with one attached hydrogen (secondary N) is 5. The molecule has 18 N–H and O–H groups in total. The molecule has 1 aliphatic carbocycles. The lowest BCUT2D eigenvalue weighted by Gasteiger charge is -2.42. The largest absolute Gasteiger partial charge is 0.756 e. The number of aliphatic hydroxyl groups is 12. The Balaban J connectivity index is 0.920. The van der Waals surface area contributed by atoms with E-state index in [0.717, 1.165) is 7.11 Å². The fourth-order valence-corrected chi connectivity index (χ4v) is 17.2. The van der Waals surface area contributed by atoms with Crippen LogP contribution in [0.1, 0.15) is 89.7 Å². The zero-order valence-corrected chi connectivity index (χ0v) is 77.8. The molecule has 26 atom stereocenters. The summed E-state index contributed by atoms with van der Waals surface area (Å²) < 4.78 is 119. The number of phosphoric acid groups is 2. The molecule has 0 radical (unpaired) electrons. The van der Waals surface area contributed by atoms with E-state index >= 15 is 4.79 Å². The highest BCUT2D eigenvalue weighted by molar-refractivity contribution is 7.47. The fourth-order valence-electron chi connectivity index (χ4n) is 15.8. The number of phosphoric ester groups is 2. The highest BCUT2D eigenvalue weighted by Gasteiger charge is 2.50. The van der Waals surface area contributed by atoms with E-state index in [2.05, 4.69) is 72.4 Å². The molecular weight excluding hydrogens is 1840 g/mol. The average Bonchev–Trinajstić information content (AvgIpc) is 1.40. The molecular formula is C77H134N19O37P2-. The normalized spacial score (nSPS) is 29.4. The molecule has 3 unspecified atom stereocenters. The van der Waals surface area contributed by atoms with Crippen molar-refractivity contribution in [1.82, 2.24) is 86.4 Å². The maximum Gasteiger partial charge on any atom is 0.472 e. The Labute approximate surface area is 777 Å². The number of carbonyl (C=O) groups is 5. The van der Waals surface area contributed by atoms with Crippen LogP contribution in [0.25, 0.3) is 0 Å². The summed E-state index contributed by atoms with van der Waals surface area (Å²) in [7, 11) is -8.37. The molecule has 3 aromatic heterocycles. The minimum atomic E-state index is -4.92. The van der Waals surface area contributed by atoms with Crippen molar-refractivity contribution < 1.29 is 179 Å². The van der Waals surface area contributed by atoms with Crippen molar-refractivity contribution in [2.75, 3.05) is 165 Å². The van der Waals surface area contributed by atoms with Gasteiger partial charge in [-0.25, -0.2) is 18.6 Å². The molecule has 9 rings (SSSR count). The van der Waals surface area contributed by atoms with Crippen LogP contribution in [0.4, 0.5) is 0 Å². The van der Waals surface area contributed by atoms with E-state index in [9.17, 15) is 99.4 Å². The molecule has 770 valence electrons. The molecule has 0 bridgehead atoms. The van der Waals surface area contributed by atoms with E-state index in [1.807, 2.05) is 9.80 Å². The van der Waals surface area contributed by atoms with Gasteiger partial charge in [0.2, 0.25) is 29.5 Å². The number of unbranched alkanes of at least 4 members (excludes halogenated alkanes) is 3. The number of rotatable bonds is 63. The summed E-state index contributed by atoms with van der Waals surface area (Å²) in [6.07, 6.45) is -15.1. The third kappa shape index (κ3) is 36.4. The molecule has 4 saturated heterocycles. The Bertz CT molecular complexity index is 4030. The highest BCUT2D eigenvalue weighted by Crippen LogP contribution is 2.46.